The van der Waals surface area contributed by atoms with Crippen LogP contribution in [0.3, 0.4) is 0 Å². The van der Waals surface area contributed by atoms with Gasteiger partial charge in [0.05, 0.1) is 6.20 Å². The summed E-state index contributed by atoms with van der Waals surface area (Å²) in [5, 5.41) is 3.32. The highest BCUT2D eigenvalue weighted by Crippen LogP contribution is 2.18. The van der Waals surface area contributed by atoms with Crippen LogP contribution in [-0.2, 0) is 6.54 Å². The molecule has 2 aromatic rings. The fourth-order valence-corrected chi connectivity index (χ4v) is 2.28. The molecular formula is C15H20FN3. The van der Waals surface area contributed by atoms with Crippen molar-refractivity contribution in [2.24, 2.45) is 0 Å². The Bertz CT molecular complexity index is 522. The molecule has 0 spiro atoms. The zero-order chi connectivity index (χ0) is 13.7. The predicted octanol–water partition coefficient (Wildman–Crippen LogP) is 3.13. The first-order valence-corrected chi connectivity index (χ1v) is 6.65. The van der Waals surface area contributed by atoms with Gasteiger partial charge >= 0.3 is 0 Å². The monoisotopic (exact) mass is 261 g/mol. The summed E-state index contributed by atoms with van der Waals surface area (Å²) >= 11 is 0. The topological polar surface area (TPSA) is 29.9 Å². The van der Waals surface area contributed by atoms with Gasteiger partial charge in [0.25, 0.3) is 0 Å². The molecule has 0 aromatic carbocycles. The highest BCUT2D eigenvalue weighted by Gasteiger charge is 2.09. The molecular weight excluding hydrogens is 241 g/mol. The number of nitrogens with zero attached hydrogens (tertiary/aromatic N) is 2. The number of hydrogen-bond acceptors (Lipinski definition) is 2. The van der Waals surface area contributed by atoms with E-state index in [9.17, 15) is 4.39 Å². The second-order valence-corrected chi connectivity index (χ2v) is 4.76. The van der Waals surface area contributed by atoms with Crippen molar-refractivity contribution in [2.45, 2.75) is 32.4 Å². The smallest absolute Gasteiger partial charge is 0.141 e. The number of pyridine rings is 1. The molecule has 2 rings (SSSR count). The fraction of sp³-hybridized carbons (Fsp3) is 0.400. The Labute approximate surface area is 113 Å². The molecule has 1 atom stereocenters. The summed E-state index contributed by atoms with van der Waals surface area (Å²) in [5.41, 5.74) is 2.15. The van der Waals surface area contributed by atoms with Gasteiger partial charge in [-0.05, 0) is 36.7 Å². The molecule has 3 nitrogen and oxygen atoms in total. The third-order valence-electron chi connectivity index (χ3n) is 3.23. The quantitative estimate of drug-likeness (QED) is 0.865. The number of nitrogens with one attached hydrogen (secondary N) is 1. The van der Waals surface area contributed by atoms with Crippen molar-refractivity contribution in [2.75, 3.05) is 7.05 Å². The van der Waals surface area contributed by atoms with Gasteiger partial charge in [0, 0.05) is 31.2 Å². The lowest BCUT2D eigenvalue weighted by atomic mass is 10.1. The molecule has 4 heteroatoms. The molecule has 0 aliphatic heterocycles. The Balaban J connectivity index is 2.08. The molecule has 0 bridgehead atoms. The van der Waals surface area contributed by atoms with Crippen molar-refractivity contribution in [3.63, 3.8) is 0 Å². The molecule has 0 fully saturated rings. The summed E-state index contributed by atoms with van der Waals surface area (Å²) in [5.74, 6) is -0.288. The maximum absolute atomic E-state index is 13.1. The lowest BCUT2D eigenvalue weighted by Crippen LogP contribution is -2.15. The maximum atomic E-state index is 13.1. The Morgan fingerprint density at radius 2 is 2.26 bits per heavy atom. The second-order valence-electron chi connectivity index (χ2n) is 4.76. The van der Waals surface area contributed by atoms with E-state index in [4.69, 9.17) is 0 Å². The van der Waals surface area contributed by atoms with Crippen LogP contribution in [0, 0.1) is 5.82 Å². The summed E-state index contributed by atoms with van der Waals surface area (Å²) < 4.78 is 15.1. The maximum Gasteiger partial charge on any atom is 0.141 e. The van der Waals surface area contributed by atoms with Crippen LogP contribution in [0.15, 0.2) is 36.9 Å². The van der Waals surface area contributed by atoms with Crippen LogP contribution in [0.2, 0.25) is 0 Å². The second kappa shape index (κ2) is 6.48. The first kappa shape index (κ1) is 13.7. The largest absolute Gasteiger partial charge is 0.350 e. The zero-order valence-electron chi connectivity index (χ0n) is 11.4. The van der Waals surface area contributed by atoms with Crippen molar-refractivity contribution < 1.29 is 4.39 Å². The number of aromatic nitrogens is 2. The van der Waals surface area contributed by atoms with Crippen LogP contribution >= 0.6 is 0 Å². The molecule has 0 aliphatic rings. The molecule has 0 aliphatic carbocycles. The number of hydrogen-bond donors (Lipinski definition) is 1. The highest BCUT2D eigenvalue weighted by atomic mass is 19.1. The molecule has 2 aromatic heterocycles. The van der Waals surface area contributed by atoms with Gasteiger partial charge in [-0.25, -0.2) is 4.39 Å². The van der Waals surface area contributed by atoms with Gasteiger partial charge < -0.3 is 9.88 Å². The minimum Gasteiger partial charge on any atom is -0.350 e. The van der Waals surface area contributed by atoms with E-state index in [2.05, 4.69) is 34.1 Å². The summed E-state index contributed by atoms with van der Waals surface area (Å²) in [6, 6.07) is 4.02. The molecule has 19 heavy (non-hydrogen) atoms. The Morgan fingerprint density at radius 3 is 2.95 bits per heavy atom. The Hall–Kier alpha value is -1.68. The van der Waals surface area contributed by atoms with Crippen LogP contribution in [0.1, 0.15) is 36.9 Å². The van der Waals surface area contributed by atoms with Gasteiger partial charge in [0.1, 0.15) is 5.82 Å². The van der Waals surface area contributed by atoms with Crippen LogP contribution in [0.5, 0.6) is 0 Å². The van der Waals surface area contributed by atoms with Gasteiger partial charge in [-0.15, -0.1) is 0 Å². The molecule has 0 saturated heterocycles. The first-order chi connectivity index (χ1) is 9.22. The molecule has 102 valence electrons. The van der Waals surface area contributed by atoms with Crippen LogP contribution in [0.4, 0.5) is 4.39 Å². The van der Waals surface area contributed by atoms with E-state index in [1.807, 2.05) is 13.2 Å². The lowest BCUT2D eigenvalue weighted by Gasteiger charge is -2.13. The lowest BCUT2D eigenvalue weighted by molar-refractivity contribution is 0.540. The van der Waals surface area contributed by atoms with E-state index in [0.29, 0.717) is 12.6 Å². The van der Waals surface area contributed by atoms with Crippen molar-refractivity contribution in [1.29, 1.82) is 0 Å². The van der Waals surface area contributed by atoms with Crippen LogP contribution < -0.4 is 5.32 Å². The molecule has 0 saturated carbocycles. The van der Waals surface area contributed by atoms with E-state index >= 15 is 0 Å². The van der Waals surface area contributed by atoms with Gasteiger partial charge in [-0.2, -0.15) is 0 Å². The van der Waals surface area contributed by atoms with Crippen molar-refractivity contribution in [1.82, 2.24) is 14.9 Å². The summed E-state index contributed by atoms with van der Waals surface area (Å²) in [7, 11) is 1.98. The van der Waals surface area contributed by atoms with Crippen molar-refractivity contribution in [3.05, 3.63) is 53.9 Å². The van der Waals surface area contributed by atoms with E-state index in [0.717, 1.165) is 18.4 Å². The van der Waals surface area contributed by atoms with Crippen molar-refractivity contribution >= 4 is 0 Å². The first-order valence-electron chi connectivity index (χ1n) is 6.65. The minimum absolute atomic E-state index is 0.288. The molecule has 1 unspecified atom stereocenters. The summed E-state index contributed by atoms with van der Waals surface area (Å²) in [6.07, 6.45) is 9.32. The van der Waals surface area contributed by atoms with Crippen molar-refractivity contribution in [3.8, 4) is 0 Å². The van der Waals surface area contributed by atoms with Gasteiger partial charge in [-0.3, -0.25) is 4.98 Å². The standard InChI is InChI=1S/C15H20FN3/c1-3-4-15(17-2)13-5-6-19(11-13)10-12-7-14(16)9-18-8-12/h5-9,11,15,17H,3-4,10H2,1-2H3. The molecule has 2 heterocycles. The molecule has 0 amide bonds. The van der Waals surface area contributed by atoms with E-state index in [-0.39, 0.29) is 5.82 Å². The van der Waals surface area contributed by atoms with Gasteiger partial charge in [0.15, 0.2) is 0 Å². The zero-order valence-corrected chi connectivity index (χ0v) is 11.4. The van der Waals surface area contributed by atoms with E-state index in [1.165, 1.54) is 17.8 Å². The SMILES string of the molecule is CCCC(NC)c1ccn(Cc2cncc(F)c2)c1. The summed E-state index contributed by atoms with van der Waals surface area (Å²) in [4.78, 5) is 3.87. The normalized spacial score (nSPS) is 12.6. The highest BCUT2D eigenvalue weighted by molar-refractivity contribution is 5.18. The van der Waals surface area contributed by atoms with E-state index < -0.39 is 0 Å². The third kappa shape index (κ3) is 3.64. The fourth-order valence-electron chi connectivity index (χ4n) is 2.28. The van der Waals surface area contributed by atoms with Gasteiger partial charge in [0.2, 0.25) is 0 Å². The number of rotatable bonds is 6. The molecule has 0 radical (unpaired) electrons. The minimum atomic E-state index is -0.288. The van der Waals surface area contributed by atoms with Gasteiger partial charge in [-0.1, -0.05) is 13.3 Å². The summed E-state index contributed by atoms with van der Waals surface area (Å²) in [6.45, 7) is 2.83. The third-order valence-corrected chi connectivity index (χ3v) is 3.23. The van der Waals surface area contributed by atoms with Crippen LogP contribution in [-0.4, -0.2) is 16.6 Å². The Kier molecular flexibility index (Phi) is 4.68. The number of halogens is 1. The van der Waals surface area contributed by atoms with E-state index in [1.54, 1.807) is 6.20 Å². The average molecular weight is 261 g/mol. The Morgan fingerprint density at radius 1 is 1.42 bits per heavy atom. The predicted molar refractivity (Wildman–Crippen MR) is 74.4 cm³/mol. The van der Waals surface area contributed by atoms with Crippen LogP contribution in [0.25, 0.3) is 0 Å². The average Bonchev–Trinajstić information content (AvgIpc) is 2.84. The molecule has 1 N–H and O–H groups in total.